The highest BCUT2D eigenvalue weighted by Gasteiger charge is 2.35. The third-order valence-corrected chi connectivity index (χ3v) is 4.16. The zero-order valence-corrected chi connectivity index (χ0v) is 12.6. The molecule has 2 rings (SSSR count). The molecule has 0 unspecified atom stereocenters. The molecule has 0 spiro atoms. The summed E-state index contributed by atoms with van der Waals surface area (Å²) >= 11 is 0. The Hall–Kier alpha value is -1.36. The summed E-state index contributed by atoms with van der Waals surface area (Å²) in [6.07, 6.45) is 3.83. The van der Waals surface area contributed by atoms with Gasteiger partial charge in [0.1, 0.15) is 5.69 Å². The number of aromatic nitrogens is 2. The van der Waals surface area contributed by atoms with Gasteiger partial charge in [0.05, 0.1) is 17.8 Å². The van der Waals surface area contributed by atoms with Crippen molar-refractivity contribution in [3.05, 3.63) is 17.5 Å². The summed E-state index contributed by atoms with van der Waals surface area (Å²) in [5, 5.41) is 17.1. The first-order chi connectivity index (χ1) is 9.51. The quantitative estimate of drug-likeness (QED) is 0.867. The third-order valence-electron chi connectivity index (χ3n) is 4.16. The van der Waals surface area contributed by atoms with Crippen molar-refractivity contribution in [1.82, 2.24) is 15.1 Å². The zero-order valence-electron chi connectivity index (χ0n) is 12.6. The van der Waals surface area contributed by atoms with Crippen LogP contribution in [0, 0.1) is 0 Å². The summed E-state index contributed by atoms with van der Waals surface area (Å²) in [7, 11) is 0. The van der Waals surface area contributed by atoms with Gasteiger partial charge in [0, 0.05) is 6.54 Å². The molecule has 0 radical (unpaired) electrons. The Balaban J connectivity index is 2.20. The second-order valence-corrected chi connectivity index (χ2v) is 6.02. The molecule has 1 aliphatic rings. The van der Waals surface area contributed by atoms with Gasteiger partial charge in [0.2, 0.25) is 0 Å². The Morgan fingerprint density at radius 2 is 2.15 bits per heavy atom. The number of nitrogens with zero attached hydrogens (tertiary/aromatic N) is 2. The Morgan fingerprint density at radius 1 is 1.50 bits per heavy atom. The van der Waals surface area contributed by atoms with E-state index in [0.29, 0.717) is 18.2 Å². The Morgan fingerprint density at radius 3 is 2.65 bits per heavy atom. The van der Waals surface area contributed by atoms with Crippen LogP contribution in [0.2, 0.25) is 0 Å². The number of nitrogens with one attached hydrogen (secondary N) is 1. The molecule has 1 fully saturated rings. The van der Waals surface area contributed by atoms with E-state index in [-0.39, 0.29) is 12.5 Å². The molecule has 5 heteroatoms. The molecule has 1 amide bonds. The molecule has 1 aliphatic carbocycles. The Kier molecular flexibility index (Phi) is 4.48. The first-order valence-corrected chi connectivity index (χ1v) is 7.52. The van der Waals surface area contributed by atoms with Crippen molar-refractivity contribution < 1.29 is 9.90 Å². The van der Waals surface area contributed by atoms with E-state index >= 15 is 0 Å². The number of rotatable bonds is 5. The SMILES string of the molecule is CCn1nc(C(C)C)cc1C(=O)NC1(CO)CCCC1. The lowest BCUT2D eigenvalue weighted by atomic mass is 9.98. The van der Waals surface area contributed by atoms with Gasteiger partial charge in [-0.15, -0.1) is 0 Å². The van der Waals surface area contributed by atoms with Crippen molar-refractivity contribution in [2.24, 2.45) is 0 Å². The summed E-state index contributed by atoms with van der Waals surface area (Å²) in [4.78, 5) is 12.5. The average molecular weight is 279 g/mol. The van der Waals surface area contributed by atoms with E-state index in [9.17, 15) is 9.90 Å². The lowest BCUT2D eigenvalue weighted by Crippen LogP contribution is -2.49. The minimum absolute atomic E-state index is 0.00996. The lowest BCUT2D eigenvalue weighted by Gasteiger charge is -2.27. The van der Waals surface area contributed by atoms with Crippen LogP contribution in [0.5, 0.6) is 0 Å². The van der Waals surface area contributed by atoms with Crippen molar-refractivity contribution in [1.29, 1.82) is 0 Å². The van der Waals surface area contributed by atoms with E-state index in [1.165, 1.54) is 0 Å². The van der Waals surface area contributed by atoms with Crippen LogP contribution in [0.4, 0.5) is 0 Å². The topological polar surface area (TPSA) is 67.2 Å². The van der Waals surface area contributed by atoms with E-state index in [4.69, 9.17) is 0 Å². The Bertz CT molecular complexity index is 473. The summed E-state index contributed by atoms with van der Waals surface area (Å²) in [5.41, 5.74) is 1.09. The lowest BCUT2D eigenvalue weighted by molar-refractivity contribution is 0.0827. The van der Waals surface area contributed by atoms with Crippen molar-refractivity contribution in [3.8, 4) is 0 Å². The summed E-state index contributed by atoms with van der Waals surface area (Å²) < 4.78 is 1.74. The molecule has 1 aromatic rings. The van der Waals surface area contributed by atoms with Gasteiger partial charge in [-0.25, -0.2) is 0 Å². The molecule has 1 saturated carbocycles. The van der Waals surface area contributed by atoms with Crippen molar-refractivity contribution in [3.63, 3.8) is 0 Å². The van der Waals surface area contributed by atoms with Gasteiger partial charge in [-0.1, -0.05) is 26.7 Å². The zero-order chi connectivity index (χ0) is 14.8. The number of hydrogen-bond acceptors (Lipinski definition) is 3. The molecule has 1 heterocycles. The maximum absolute atomic E-state index is 12.5. The van der Waals surface area contributed by atoms with Crippen LogP contribution in [0.25, 0.3) is 0 Å². The minimum atomic E-state index is -0.433. The van der Waals surface area contributed by atoms with Crippen LogP contribution in [0.15, 0.2) is 6.07 Å². The molecule has 0 atom stereocenters. The average Bonchev–Trinajstić information content (AvgIpc) is 3.05. The van der Waals surface area contributed by atoms with Crippen molar-refractivity contribution in [2.75, 3.05) is 6.61 Å². The largest absolute Gasteiger partial charge is 0.394 e. The number of aryl methyl sites for hydroxylation is 1. The molecule has 0 aliphatic heterocycles. The molecule has 1 aromatic heterocycles. The van der Waals surface area contributed by atoms with Crippen LogP contribution in [-0.2, 0) is 6.54 Å². The van der Waals surface area contributed by atoms with Gasteiger partial charge in [-0.3, -0.25) is 9.48 Å². The Labute approximate surface area is 120 Å². The maximum Gasteiger partial charge on any atom is 0.270 e. The van der Waals surface area contributed by atoms with E-state index in [0.717, 1.165) is 31.4 Å². The molecule has 2 N–H and O–H groups in total. The van der Waals surface area contributed by atoms with Crippen LogP contribution >= 0.6 is 0 Å². The van der Waals surface area contributed by atoms with Crippen LogP contribution < -0.4 is 5.32 Å². The van der Waals surface area contributed by atoms with E-state index in [2.05, 4.69) is 24.3 Å². The first kappa shape index (κ1) is 15.0. The molecular formula is C15H25N3O2. The highest BCUT2D eigenvalue weighted by molar-refractivity contribution is 5.93. The standard InChI is InChI=1S/C15H25N3O2/c1-4-18-13(9-12(17-18)11(2)3)14(20)16-15(10-19)7-5-6-8-15/h9,11,19H,4-8,10H2,1-3H3,(H,16,20). The van der Waals surface area contributed by atoms with Gasteiger partial charge in [0.25, 0.3) is 5.91 Å². The van der Waals surface area contributed by atoms with Gasteiger partial charge in [-0.05, 0) is 31.7 Å². The highest BCUT2D eigenvalue weighted by atomic mass is 16.3. The minimum Gasteiger partial charge on any atom is -0.394 e. The summed E-state index contributed by atoms with van der Waals surface area (Å²) in [5.74, 6) is 0.176. The van der Waals surface area contributed by atoms with Gasteiger partial charge >= 0.3 is 0 Å². The van der Waals surface area contributed by atoms with E-state index in [1.807, 2.05) is 13.0 Å². The normalized spacial score (nSPS) is 17.6. The molecule has 112 valence electrons. The fraction of sp³-hybridized carbons (Fsp3) is 0.733. The van der Waals surface area contributed by atoms with E-state index < -0.39 is 5.54 Å². The number of aliphatic hydroxyl groups excluding tert-OH is 1. The fourth-order valence-electron chi connectivity index (χ4n) is 2.82. The molecule has 5 nitrogen and oxygen atoms in total. The number of carbonyl (C=O) groups is 1. The molecule has 0 bridgehead atoms. The van der Waals surface area contributed by atoms with Crippen LogP contribution in [0.3, 0.4) is 0 Å². The third kappa shape index (κ3) is 2.87. The number of hydrogen-bond donors (Lipinski definition) is 2. The van der Waals surface area contributed by atoms with Crippen molar-refractivity contribution >= 4 is 5.91 Å². The number of aliphatic hydroxyl groups is 1. The molecule has 20 heavy (non-hydrogen) atoms. The van der Waals surface area contributed by atoms with Gasteiger partial charge in [0.15, 0.2) is 0 Å². The second-order valence-electron chi connectivity index (χ2n) is 6.02. The molecule has 0 saturated heterocycles. The smallest absolute Gasteiger partial charge is 0.270 e. The first-order valence-electron chi connectivity index (χ1n) is 7.52. The van der Waals surface area contributed by atoms with Crippen LogP contribution in [-0.4, -0.2) is 32.9 Å². The fourth-order valence-corrected chi connectivity index (χ4v) is 2.82. The summed E-state index contributed by atoms with van der Waals surface area (Å²) in [6, 6.07) is 1.86. The monoisotopic (exact) mass is 279 g/mol. The second kappa shape index (κ2) is 5.95. The highest BCUT2D eigenvalue weighted by Crippen LogP contribution is 2.29. The molecular weight excluding hydrogens is 254 g/mol. The predicted molar refractivity (Wildman–Crippen MR) is 77.7 cm³/mol. The maximum atomic E-state index is 12.5. The number of amides is 1. The van der Waals surface area contributed by atoms with Gasteiger partial charge in [-0.2, -0.15) is 5.10 Å². The van der Waals surface area contributed by atoms with Crippen molar-refractivity contribution in [2.45, 2.75) is 64.5 Å². The predicted octanol–water partition coefficient (Wildman–Crippen LogP) is 2.06. The van der Waals surface area contributed by atoms with Crippen LogP contribution in [0.1, 0.15) is 68.6 Å². The summed E-state index contributed by atoms with van der Waals surface area (Å²) in [6.45, 7) is 6.79. The number of carbonyl (C=O) groups excluding carboxylic acids is 1. The van der Waals surface area contributed by atoms with Gasteiger partial charge < -0.3 is 10.4 Å². The van der Waals surface area contributed by atoms with E-state index in [1.54, 1.807) is 4.68 Å². The molecule has 0 aromatic carbocycles.